The van der Waals surface area contributed by atoms with Crippen LogP contribution in [0.4, 0.5) is 11.4 Å². The number of para-hydroxylation sites is 2. The van der Waals surface area contributed by atoms with Gasteiger partial charge in [0.25, 0.3) is 5.69 Å². The van der Waals surface area contributed by atoms with Crippen molar-refractivity contribution in [1.29, 1.82) is 0 Å². The van der Waals surface area contributed by atoms with Crippen LogP contribution < -0.4 is 5.32 Å². The van der Waals surface area contributed by atoms with E-state index in [1.165, 1.54) is 34.3 Å². The molecule has 0 spiro atoms. The van der Waals surface area contributed by atoms with Crippen molar-refractivity contribution < 1.29 is 9.72 Å². The van der Waals surface area contributed by atoms with Gasteiger partial charge < -0.3 is 9.88 Å². The first kappa shape index (κ1) is 23.7. The first-order valence-corrected chi connectivity index (χ1v) is 12.5. The van der Waals surface area contributed by atoms with Gasteiger partial charge in [-0.25, -0.2) is 0 Å². The van der Waals surface area contributed by atoms with Crippen molar-refractivity contribution in [2.45, 2.75) is 32.5 Å². The number of nitrogens with one attached hydrogen (secondary N) is 1. The van der Waals surface area contributed by atoms with Crippen LogP contribution in [0.15, 0.2) is 59.1 Å². The molecule has 4 rings (SSSR count). The fraction of sp³-hybridized carbons (Fsp3) is 0.208. The highest BCUT2D eigenvalue weighted by Crippen LogP contribution is 2.39. The molecule has 0 radical (unpaired) electrons. The van der Waals surface area contributed by atoms with Gasteiger partial charge in [-0.15, -0.1) is 21.5 Å². The van der Waals surface area contributed by atoms with Gasteiger partial charge in [-0.3, -0.25) is 14.9 Å². The Balaban J connectivity index is 1.55. The smallest absolute Gasteiger partial charge is 0.292 e. The number of aromatic nitrogens is 3. The summed E-state index contributed by atoms with van der Waals surface area (Å²) in [7, 11) is 0. The summed E-state index contributed by atoms with van der Waals surface area (Å²) in [6.07, 6.45) is 0. The van der Waals surface area contributed by atoms with Crippen molar-refractivity contribution in [2.75, 3.05) is 11.1 Å². The minimum Gasteiger partial charge on any atom is -0.320 e. The Hall–Kier alpha value is -3.50. The molecule has 0 aliphatic rings. The number of thiophene rings is 1. The third-order valence-corrected chi connectivity index (χ3v) is 7.17. The molecule has 2 aromatic carbocycles. The number of aryl methyl sites for hydroxylation is 2. The first-order chi connectivity index (χ1) is 16.4. The average molecular weight is 494 g/mol. The molecule has 0 fully saturated rings. The number of thioether (sulfide) groups is 1. The summed E-state index contributed by atoms with van der Waals surface area (Å²) in [6.45, 7) is 6.81. The molecule has 0 saturated heterocycles. The molecule has 2 heterocycles. The van der Waals surface area contributed by atoms with Crippen molar-refractivity contribution in [3.8, 4) is 22.5 Å². The lowest BCUT2D eigenvalue weighted by atomic mass is 10.0. The van der Waals surface area contributed by atoms with E-state index in [1.54, 1.807) is 23.5 Å². The molecule has 174 valence electrons. The maximum atomic E-state index is 12.5. The molecule has 1 amide bonds. The van der Waals surface area contributed by atoms with E-state index in [1.807, 2.05) is 11.5 Å². The second-order valence-electron chi connectivity index (χ2n) is 7.61. The lowest BCUT2D eigenvalue weighted by Crippen LogP contribution is -2.15. The van der Waals surface area contributed by atoms with E-state index in [9.17, 15) is 14.9 Å². The van der Waals surface area contributed by atoms with Crippen LogP contribution in [-0.4, -0.2) is 31.3 Å². The number of nitro groups is 1. The van der Waals surface area contributed by atoms with Gasteiger partial charge in [0.15, 0.2) is 11.0 Å². The maximum absolute atomic E-state index is 12.5. The zero-order valence-electron chi connectivity index (χ0n) is 18.9. The third-order valence-electron chi connectivity index (χ3n) is 5.30. The Morgan fingerprint density at radius 3 is 2.59 bits per heavy atom. The van der Waals surface area contributed by atoms with Crippen LogP contribution in [0.3, 0.4) is 0 Å². The summed E-state index contributed by atoms with van der Waals surface area (Å²) in [5, 5.41) is 25.3. The third kappa shape index (κ3) is 4.87. The van der Waals surface area contributed by atoms with Crippen molar-refractivity contribution >= 4 is 40.4 Å². The van der Waals surface area contributed by atoms with Gasteiger partial charge in [0.05, 0.1) is 10.7 Å². The number of amides is 1. The number of anilines is 1. The van der Waals surface area contributed by atoms with Crippen molar-refractivity contribution in [2.24, 2.45) is 0 Å². The van der Waals surface area contributed by atoms with Gasteiger partial charge >= 0.3 is 0 Å². The van der Waals surface area contributed by atoms with Crippen LogP contribution in [0, 0.1) is 24.0 Å². The molecule has 0 bridgehead atoms. The Kier molecular flexibility index (Phi) is 7.09. The lowest BCUT2D eigenvalue weighted by Gasteiger charge is -2.10. The van der Waals surface area contributed by atoms with Crippen LogP contribution in [-0.2, 0) is 11.3 Å². The molecule has 2 aromatic heterocycles. The van der Waals surface area contributed by atoms with E-state index in [-0.39, 0.29) is 23.0 Å². The van der Waals surface area contributed by atoms with Crippen molar-refractivity contribution in [1.82, 2.24) is 14.8 Å². The quantitative estimate of drug-likeness (QED) is 0.185. The normalized spacial score (nSPS) is 10.9. The summed E-state index contributed by atoms with van der Waals surface area (Å²) in [5.74, 6) is 0.458. The molecule has 0 atom stereocenters. The van der Waals surface area contributed by atoms with Crippen molar-refractivity contribution in [3.05, 3.63) is 74.5 Å². The van der Waals surface area contributed by atoms with Crippen LogP contribution in [0.5, 0.6) is 0 Å². The minimum absolute atomic E-state index is 0.0532. The first-order valence-electron chi connectivity index (χ1n) is 10.6. The molecular weight excluding hydrogens is 470 g/mol. The molecule has 0 aliphatic heterocycles. The molecule has 0 aliphatic carbocycles. The van der Waals surface area contributed by atoms with Gasteiger partial charge in [-0.1, -0.05) is 53.7 Å². The van der Waals surface area contributed by atoms with Crippen LogP contribution in [0.2, 0.25) is 0 Å². The summed E-state index contributed by atoms with van der Waals surface area (Å²) in [6, 6.07) is 14.5. The van der Waals surface area contributed by atoms with E-state index in [4.69, 9.17) is 0 Å². The number of nitro benzene ring substituents is 1. The standard InChI is InChI=1S/C24H23N5O3S2/c1-4-28-23(18-13-33-16(3)22(18)17-11-9-15(2)10-12-17)26-27-24(28)34-14-21(30)25-19-7-5-6-8-20(19)29(31)32/h5-13H,4,14H2,1-3H3,(H,25,30). The summed E-state index contributed by atoms with van der Waals surface area (Å²) in [5.41, 5.74) is 4.51. The van der Waals surface area contributed by atoms with E-state index in [2.05, 4.69) is 59.0 Å². The summed E-state index contributed by atoms with van der Waals surface area (Å²) in [4.78, 5) is 24.4. The van der Waals surface area contributed by atoms with Gasteiger partial charge in [-0.05, 0) is 32.4 Å². The zero-order valence-corrected chi connectivity index (χ0v) is 20.6. The number of hydrogen-bond acceptors (Lipinski definition) is 7. The topological polar surface area (TPSA) is 103 Å². The highest BCUT2D eigenvalue weighted by Gasteiger charge is 2.21. The van der Waals surface area contributed by atoms with E-state index >= 15 is 0 Å². The van der Waals surface area contributed by atoms with Crippen LogP contribution in [0.1, 0.15) is 17.4 Å². The van der Waals surface area contributed by atoms with E-state index in [0.29, 0.717) is 11.7 Å². The van der Waals surface area contributed by atoms with Crippen LogP contribution in [0.25, 0.3) is 22.5 Å². The van der Waals surface area contributed by atoms with E-state index < -0.39 is 4.92 Å². The second kappa shape index (κ2) is 10.2. The number of nitrogens with zero attached hydrogens (tertiary/aromatic N) is 4. The average Bonchev–Trinajstić information content (AvgIpc) is 3.41. The van der Waals surface area contributed by atoms with Gasteiger partial charge in [-0.2, -0.15) is 0 Å². The van der Waals surface area contributed by atoms with Crippen molar-refractivity contribution in [3.63, 3.8) is 0 Å². The molecule has 0 saturated carbocycles. The Morgan fingerprint density at radius 2 is 1.88 bits per heavy atom. The Bertz CT molecular complexity index is 1350. The van der Waals surface area contributed by atoms with Crippen LogP contribution >= 0.6 is 23.1 Å². The molecule has 34 heavy (non-hydrogen) atoms. The predicted molar refractivity (Wildman–Crippen MR) is 136 cm³/mol. The lowest BCUT2D eigenvalue weighted by molar-refractivity contribution is -0.383. The molecule has 4 aromatic rings. The predicted octanol–water partition coefficient (Wildman–Crippen LogP) is 5.95. The number of carbonyl (C=O) groups excluding carboxylic acids is 1. The summed E-state index contributed by atoms with van der Waals surface area (Å²) >= 11 is 2.92. The number of carbonyl (C=O) groups is 1. The minimum atomic E-state index is -0.517. The zero-order chi connectivity index (χ0) is 24.2. The van der Waals surface area contributed by atoms with Gasteiger partial charge in [0.2, 0.25) is 5.91 Å². The fourth-order valence-electron chi connectivity index (χ4n) is 3.63. The number of hydrogen-bond donors (Lipinski definition) is 1. The second-order valence-corrected chi connectivity index (χ2v) is 9.63. The van der Waals surface area contributed by atoms with Gasteiger partial charge in [0, 0.05) is 34.0 Å². The number of benzene rings is 2. The molecular formula is C24H23N5O3S2. The molecule has 0 unspecified atom stereocenters. The SMILES string of the molecule is CCn1c(SCC(=O)Nc2ccccc2[N+](=O)[O-])nnc1-c1csc(C)c1-c1ccc(C)cc1. The molecule has 1 N–H and O–H groups in total. The largest absolute Gasteiger partial charge is 0.320 e. The number of rotatable bonds is 8. The Labute approximate surface area is 205 Å². The van der Waals surface area contributed by atoms with E-state index in [0.717, 1.165) is 22.5 Å². The molecule has 10 heteroatoms. The molecule has 8 nitrogen and oxygen atoms in total. The highest BCUT2D eigenvalue weighted by atomic mass is 32.2. The Morgan fingerprint density at radius 1 is 1.15 bits per heavy atom. The highest BCUT2D eigenvalue weighted by molar-refractivity contribution is 7.99. The fourth-order valence-corrected chi connectivity index (χ4v) is 5.30. The monoisotopic (exact) mass is 493 g/mol. The van der Waals surface area contributed by atoms with Gasteiger partial charge in [0.1, 0.15) is 5.69 Å². The maximum Gasteiger partial charge on any atom is 0.292 e. The summed E-state index contributed by atoms with van der Waals surface area (Å²) < 4.78 is 1.99.